The molecule has 0 saturated carbocycles. The lowest BCUT2D eigenvalue weighted by Crippen LogP contribution is -2.13. The van der Waals surface area contributed by atoms with Crippen LogP contribution in [0.1, 0.15) is 70.4 Å². The molecular weight excluding hydrogens is 487 g/mol. The van der Waals surface area contributed by atoms with E-state index in [-0.39, 0.29) is 36.4 Å². The lowest BCUT2D eigenvalue weighted by Gasteiger charge is -2.20. The third kappa shape index (κ3) is 9.01. The summed E-state index contributed by atoms with van der Waals surface area (Å²) < 4.78 is 0. The maximum Gasteiger partial charge on any atom is 0.162 e. The van der Waals surface area contributed by atoms with Crippen molar-refractivity contribution in [2.45, 2.75) is 54.7 Å². The van der Waals surface area contributed by atoms with Crippen molar-refractivity contribution in [1.82, 2.24) is 9.80 Å². The van der Waals surface area contributed by atoms with Crippen molar-refractivity contribution in [2.24, 2.45) is 0 Å². The van der Waals surface area contributed by atoms with Crippen molar-refractivity contribution >= 4 is 48.1 Å². The maximum atomic E-state index is 12.7. The summed E-state index contributed by atoms with van der Waals surface area (Å²) in [5.74, 6) is 0.452. The molecule has 0 unspecified atom stereocenters. The average Bonchev–Trinajstić information content (AvgIpc) is 2.76. The highest BCUT2D eigenvalue weighted by atomic mass is 35.5. The summed E-state index contributed by atoms with van der Waals surface area (Å²) in [6.07, 6.45) is 5.90. The first-order valence-electron chi connectivity index (χ1n) is 11.6. The first-order chi connectivity index (χ1) is 15.3. The molecule has 2 aromatic rings. The summed E-state index contributed by atoms with van der Waals surface area (Å²) in [6, 6.07) is 12.2. The number of unbranched alkanes of at least 4 members (excludes halogenated alkanes) is 2. The fraction of sp³-hybridized carbons (Fsp3) is 0.481. The lowest BCUT2D eigenvalue weighted by atomic mass is 9.96. The molecule has 1 heterocycles. The minimum absolute atomic E-state index is 0. The molecule has 3 rings (SSSR count). The van der Waals surface area contributed by atoms with Crippen molar-refractivity contribution in [1.29, 1.82) is 0 Å². The SMILES string of the molecule is CN(C)CCCCC(=O)c1ccc2c(c1)Cc1cc(C(=O)CCCCN(C)C)ccc1S2.Cl.Cl. The molecule has 2 aromatic carbocycles. The van der Waals surface area contributed by atoms with Crippen LogP contribution < -0.4 is 0 Å². The molecule has 0 spiro atoms. The molecule has 0 aliphatic carbocycles. The standard InChI is InChI=1S/C27H36N2O2S.2ClH/c1-28(2)15-7-5-9-24(30)20-11-13-26-22(17-20)19-23-18-21(12-14-27(23)32-26)25(31)10-6-8-16-29(3)4;;/h11-14,17-18H,5-10,15-16,19H2,1-4H3;2*1H. The van der Waals surface area contributed by atoms with Crippen LogP contribution in [0.3, 0.4) is 0 Å². The zero-order valence-corrected chi connectivity index (χ0v) is 23.2. The first kappa shape index (κ1) is 30.7. The van der Waals surface area contributed by atoms with Gasteiger partial charge in [0.25, 0.3) is 0 Å². The van der Waals surface area contributed by atoms with Crippen LogP contribution in [-0.4, -0.2) is 62.6 Å². The van der Waals surface area contributed by atoms with Crippen molar-refractivity contribution < 1.29 is 9.59 Å². The molecule has 7 heteroatoms. The van der Waals surface area contributed by atoms with Gasteiger partial charge in [-0.25, -0.2) is 0 Å². The fourth-order valence-electron chi connectivity index (χ4n) is 4.02. The Morgan fingerprint density at radius 1 is 0.706 bits per heavy atom. The van der Waals surface area contributed by atoms with Gasteiger partial charge in [0.1, 0.15) is 0 Å². The van der Waals surface area contributed by atoms with E-state index in [0.717, 1.165) is 56.3 Å². The Kier molecular flexibility index (Phi) is 13.4. The van der Waals surface area contributed by atoms with Gasteiger partial charge in [-0.2, -0.15) is 0 Å². The number of fused-ring (bicyclic) bond motifs is 2. The van der Waals surface area contributed by atoms with Gasteiger partial charge in [-0.15, -0.1) is 24.8 Å². The second-order valence-electron chi connectivity index (χ2n) is 9.29. The number of hydrogen-bond acceptors (Lipinski definition) is 5. The highest BCUT2D eigenvalue weighted by molar-refractivity contribution is 7.99. The van der Waals surface area contributed by atoms with E-state index in [2.05, 4.69) is 62.3 Å². The van der Waals surface area contributed by atoms with E-state index >= 15 is 0 Å². The first-order valence-corrected chi connectivity index (χ1v) is 12.4. The molecule has 34 heavy (non-hydrogen) atoms. The van der Waals surface area contributed by atoms with E-state index in [0.29, 0.717) is 12.8 Å². The van der Waals surface area contributed by atoms with Gasteiger partial charge in [0.15, 0.2) is 11.6 Å². The monoisotopic (exact) mass is 524 g/mol. The molecule has 0 atom stereocenters. The van der Waals surface area contributed by atoms with E-state index in [1.54, 1.807) is 11.8 Å². The van der Waals surface area contributed by atoms with E-state index in [1.807, 2.05) is 12.1 Å². The second-order valence-corrected chi connectivity index (χ2v) is 10.4. The van der Waals surface area contributed by atoms with Crippen LogP contribution in [0.25, 0.3) is 0 Å². The topological polar surface area (TPSA) is 40.6 Å². The quantitative estimate of drug-likeness (QED) is 0.202. The van der Waals surface area contributed by atoms with Crippen molar-refractivity contribution in [3.8, 4) is 0 Å². The van der Waals surface area contributed by atoms with Gasteiger partial charge in [0.2, 0.25) is 0 Å². The predicted molar refractivity (Wildman–Crippen MR) is 148 cm³/mol. The van der Waals surface area contributed by atoms with E-state index in [9.17, 15) is 9.59 Å². The molecule has 0 N–H and O–H groups in total. The number of nitrogens with zero attached hydrogens (tertiary/aromatic N) is 2. The molecule has 0 saturated heterocycles. The minimum atomic E-state index is 0. The number of carbonyl (C=O) groups excluding carboxylic acids is 2. The molecule has 0 fully saturated rings. The fourth-order valence-corrected chi connectivity index (χ4v) is 5.05. The van der Waals surface area contributed by atoms with Crippen LogP contribution in [0, 0.1) is 0 Å². The number of carbonyl (C=O) groups is 2. The molecule has 0 amide bonds. The smallest absolute Gasteiger partial charge is 0.162 e. The predicted octanol–water partition coefficient (Wildman–Crippen LogP) is 6.41. The summed E-state index contributed by atoms with van der Waals surface area (Å²) in [7, 11) is 8.24. The van der Waals surface area contributed by atoms with Crippen molar-refractivity contribution in [3.63, 3.8) is 0 Å². The molecule has 0 aromatic heterocycles. The van der Waals surface area contributed by atoms with Gasteiger partial charge in [-0.3, -0.25) is 9.59 Å². The zero-order valence-electron chi connectivity index (χ0n) is 20.8. The van der Waals surface area contributed by atoms with Gasteiger partial charge in [-0.1, -0.05) is 23.9 Å². The van der Waals surface area contributed by atoms with Crippen LogP contribution in [-0.2, 0) is 6.42 Å². The number of benzene rings is 2. The van der Waals surface area contributed by atoms with Gasteiger partial charge < -0.3 is 9.80 Å². The molecule has 1 aliphatic rings. The molecule has 1 aliphatic heterocycles. The Morgan fingerprint density at radius 2 is 1.12 bits per heavy atom. The number of ketones is 2. The highest BCUT2D eigenvalue weighted by Gasteiger charge is 2.19. The van der Waals surface area contributed by atoms with Gasteiger partial charge >= 0.3 is 0 Å². The Hall–Kier alpha value is -1.37. The molecule has 4 nitrogen and oxygen atoms in total. The van der Waals surface area contributed by atoms with Crippen LogP contribution in [0.5, 0.6) is 0 Å². The lowest BCUT2D eigenvalue weighted by molar-refractivity contribution is 0.0970. The third-order valence-electron chi connectivity index (χ3n) is 5.88. The van der Waals surface area contributed by atoms with Crippen LogP contribution in [0.4, 0.5) is 0 Å². The Labute approximate surface area is 221 Å². The van der Waals surface area contributed by atoms with E-state index in [1.165, 1.54) is 20.9 Å². The van der Waals surface area contributed by atoms with Crippen LogP contribution in [0.2, 0.25) is 0 Å². The third-order valence-corrected chi connectivity index (χ3v) is 7.12. The minimum Gasteiger partial charge on any atom is -0.309 e. The normalized spacial score (nSPS) is 11.9. The Balaban J connectivity index is 0.00000289. The van der Waals surface area contributed by atoms with Crippen LogP contribution in [0.15, 0.2) is 46.2 Å². The highest BCUT2D eigenvalue weighted by Crippen LogP contribution is 2.40. The molecular formula is C27H38Cl2N2O2S. The van der Waals surface area contributed by atoms with Gasteiger partial charge in [-0.05, 0) is 109 Å². The van der Waals surface area contributed by atoms with Gasteiger partial charge in [0.05, 0.1) is 0 Å². The summed E-state index contributed by atoms with van der Waals surface area (Å²) >= 11 is 1.74. The maximum absolute atomic E-state index is 12.7. The summed E-state index contributed by atoms with van der Waals surface area (Å²) in [6.45, 7) is 2.03. The van der Waals surface area contributed by atoms with Gasteiger partial charge in [0, 0.05) is 33.8 Å². The van der Waals surface area contributed by atoms with Crippen molar-refractivity contribution in [3.05, 3.63) is 58.7 Å². The summed E-state index contributed by atoms with van der Waals surface area (Å²) in [5.41, 5.74) is 4.01. The summed E-state index contributed by atoms with van der Waals surface area (Å²) in [4.78, 5) is 32.1. The Morgan fingerprint density at radius 3 is 1.50 bits per heavy atom. The number of hydrogen-bond donors (Lipinski definition) is 0. The molecule has 0 bridgehead atoms. The number of rotatable bonds is 12. The number of Topliss-reactive ketones (excluding diaryl/α,β-unsaturated/α-hetero) is 2. The molecule has 0 radical (unpaired) electrons. The Bertz CT molecular complexity index is 888. The summed E-state index contributed by atoms with van der Waals surface area (Å²) in [5, 5.41) is 0. The number of halogens is 2. The zero-order chi connectivity index (χ0) is 23.1. The van der Waals surface area contributed by atoms with Crippen molar-refractivity contribution in [2.75, 3.05) is 41.3 Å². The average molecular weight is 526 g/mol. The molecule has 188 valence electrons. The second kappa shape index (κ2) is 14.9. The largest absolute Gasteiger partial charge is 0.309 e. The van der Waals surface area contributed by atoms with E-state index in [4.69, 9.17) is 0 Å². The van der Waals surface area contributed by atoms with Crippen LogP contribution >= 0.6 is 36.6 Å². The van der Waals surface area contributed by atoms with E-state index < -0.39 is 0 Å².